The van der Waals surface area contributed by atoms with E-state index in [9.17, 15) is 19.5 Å². The minimum Gasteiger partial charge on any atom is -0.394 e. The summed E-state index contributed by atoms with van der Waals surface area (Å²) in [6, 6.07) is 8.22. The minimum absolute atomic E-state index is 0.220. The number of hydrogen-bond donors (Lipinski definition) is 3. The lowest BCUT2D eigenvalue weighted by atomic mass is 9.70. The summed E-state index contributed by atoms with van der Waals surface area (Å²) in [7, 11) is 0. The zero-order valence-corrected chi connectivity index (χ0v) is 18.8. The van der Waals surface area contributed by atoms with Crippen molar-refractivity contribution in [2.75, 3.05) is 13.2 Å². The Labute approximate surface area is 188 Å². The highest BCUT2D eigenvalue weighted by Gasteiger charge is 2.74. The van der Waals surface area contributed by atoms with Crippen molar-refractivity contribution >= 4 is 17.7 Å². The molecule has 3 N–H and O–H groups in total. The third-order valence-corrected chi connectivity index (χ3v) is 7.17. The number of fused-ring (bicyclic) bond motifs is 1. The van der Waals surface area contributed by atoms with E-state index in [4.69, 9.17) is 4.74 Å². The highest BCUT2D eigenvalue weighted by molar-refractivity contribution is 5.99. The second-order valence-electron chi connectivity index (χ2n) is 9.18. The number of aliphatic hydroxyl groups is 1. The van der Waals surface area contributed by atoms with Crippen LogP contribution < -0.4 is 10.6 Å². The topological polar surface area (TPSA) is 108 Å². The molecule has 8 heteroatoms. The van der Waals surface area contributed by atoms with Gasteiger partial charge in [0.05, 0.1) is 30.6 Å². The van der Waals surface area contributed by atoms with Gasteiger partial charge in [0.15, 0.2) is 0 Å². The van der Waals surface area contributed by atoms with Crippen LogP contribution in [0.1, 0.15) is 45.1 Å². The molecule has 174 valence electrons. The monoisotopic (exact) mass is 443 g/mol. The molecule has 0 radical (unpaired) electrons. The van der Waals surface area contributed by atoms with Crippen molar-refractivity contribution in [1.82, 2.24) is 15.5 Å². The van der Waals surface area contributed by atoms with Gasteiger partial charge in [0.25, 0.3) is 0 Å². The molecular formula is C24H33N3O5. The van der Waals surface area contributed by atoms with Gasteiger partial charge in [-0.15, -0.1) is 0 Å². The molecule has 1 spiro atoms. The van der Waals surface area contributed by atoms with Gasteiger partial charge in [0, 0.05) is 13.1 Å². The maximum Gasteiger partial charge on any atom is 0.245 e. The van der Waals surface area contributed by atoms with Gasteiger partial charge >= 0.3 is 0 Å². The molecule has 0 aliphatic carbocycles. The van der Waals surface area contributed by atoms with Gasteiger partial charge in [-0.1, -0.05) is 43.7 Å². The number of nitrogens with one attached hydrogen (secondary N) is 2. The first-order valence-electron chi connectivity index (χ1n) is 11.6. The largest absolute Gasteiger partial charge is 0.394 e. The summed E-state index contributed by atoms with van der Waals surface area (Å²) in [6.07, 6.45) is 2.59. The first-order valence-corrected chi connectivity index (χ1v) is 11.6. The highest BCUT2D eigenvalue weighted by Crippen LogP contribution is 2.58. The Hall–Kier alpha value is -2.45. The Bertz CT molecular complexity index is 862. The van der Waals surface area contributed by atoms with Gasteiger partial charge in [0.1, 0.15) is 11.6 Å². The molecule has 3 aliphatic rings. The normalized spacial score (nSPS) is 31.5. The van der Waals surface area contributed by atoms with Gasteiger partial charge in [0.2, 0.25) is 17.7 Å². The molecule has 1 aromatic rings. The predicted molar refractivity (Wildman–Crippen MR) is 117 cm³/mol. The fourth-order valence-electron chi connectivity index (χ4n) is 5.64. The summed E-state index contributed by atoms with van der Waals surface area (Å²) in [5.41, 5.74) is -0.0444. The zero-order valence-electron chi connectivity index (χ0n) is 18.8. The molecule has 0 aromatic heterocycles. The van der Waals surface area contributed by atoms with Crippen molar-refractivity contribution < 1.29 is 24.2 Å². The maximum atomic E-state index is 13.6. The molecule has 4 rings (SSSR count). The number of benzene rings is 1. The van der Waals surface area contributed by atoms with Crippen molar-refractivity contribution in [3.8, 4) is 0 Å². The third-order valence-electron chi connectivity index (χ3n) is 7.17. The fraction of sp³-hybridized carbons (Fsp3) is 0.625. The summed E-state index contributed by atoms with van der Waals surface area (Å²) in [6.45, 7) is 4.39. The number of likely N-dealkylation sites (tertiary alicyclic amines) is 1. The van der Waals surface area contributed by atoms with Crippen molar-refractivity contribution in [3.05, 3.63) is 35.9 Å². The summed E-state index contributed by atoms with van der Waals surface area (Å²) in [5.74, 6) is -2.11. The molecule has 32 heavy (non-hydrogen) atoms. The van der Waals surface area contributed by atoms with Crippen molar-refractivity contribution in [2.24, 2.45) is 11.8 Å². The molecule has 2 bridgehead atoms. The van der Waals surface area contributed by atoms with Crippen LogP contribution >= 0.6 is 0 Å². The van der Waals surface area contributed by atoms with E-state index in [2.05, 4.69) is 10.6 Å². The molecule has 3 saturated heterocycles. The van der Waals surface area contributed by atoms with Gasteiger partial charge in [-0.2, -0.15) is 0 Å². The Kier molecular flexibility index (Phi) is 6.53. The molecule has 3 heterocycles. The average molecular weight is 444 g/mol. The van der Waals surface area contributed by atoms with Crippen LogP contribution in [0.3, 0.4) is 0 Å². The van der Waals surface area contributed by atoms with Gasteiger partial charge in [-0.3, -0.25) is 14.4 Å². The first-order chi connectivity index (χ1) is 15.4. The molecule has 2 unspecified atom stereocenters. The molecule has 6 atom stereocenters. The predicted octanol–water partition coefficient (Wildman–Crippen LogP) is 0.975. The second kappa shape index (κ2) is 9.19. The van der Waals surface area contributed by atoms with Crippen LogP contribution in [0, 0.1) is 11.8 Å². The van der Waals surface area contributed by atoms with Crippen LogP contribution in [-0.4, -0.2) is 64.7 Å². The second-order valence-corrected chi connectivity index (χ2v) is 9.18. The number of nitrogens with zero attached hydrogens (tertiary/aromatic N) is 1. The zero-order chi connectivity index (χ0) is 22.9. The van der Waals surface area contributed by atoms with Gasteiger partial charge in [-0.05, 0) is 31.7 Å². The number of unbranched alkanes of at least 4 members (excludes halogenated alkanes) is 1. The number of ether oxygens (including phenoxy) is 1. The summed E-state index contributed by atoms with van der Waals surface area (Å²) in [4.78, 5) is 41.5. The Balaban J connectivity index is 1.58. The number of amides is 3. The van der Waals surface area contributed by atoms with Crippen molar-refractivity contribution in [1.29, 1.82) is 0 Å². The Morgan fingerprint density at radius 3 is 2.69 bits per heavy atom. The maximum absolute atomic E-state index is 13.6. The molecule has 3 aliphatic heterocycles. The van der Waals surface area contributed by atoms with Crippen LogP contribution in [0.2, 0.25) is 0 Å². The molecular weight excluding hydrogens is 410 g/mol. The average Bonchev–Trinajstić information content (AvgIpc) is 3.45. The molecule has 1 aromatic carbocycles. The number of carbonyl (C=O) groups is 3. The van der Waals surface area contributed by atoms with E-state index >= 15 is 0 Å². The van der Waals surface area contributed by atoms with Crippen LogP contribution in [0.4, 0.5) is 0 Å². The number of hydrogen-bond acceptors (Lipinski definition) is 5. The fourth-order valence-corrected chi connectivity index (χ4v) is 5.64. The molecule has 8 nitrogen and oxygen atoms in total. The molecule has 3 fully saturated rings. The Morgan fingerprint density at radius 2 is 2.00 bits per heavy atom. The number of rotatable bonds is 9. The quantitative estimate of drug-likeness (QED) is 0.493. The van der Waals surface area contributed by atoms with Crippen molar-refractivity contribution in [3.63, 3.8) is 0 Å². The lowest BCUT2D eigenvalue weighted by Crippen LogP contribution is -2.57. The van der Waals surface area contributed by atoms with E-state index in [1.165, 1.54) is 4.90 Å². The Morgan fingerprint density at radius 1 is 1.25 bits per heavy atom. The van der Waals surface area contributed by atoms with Crippen molar-refractivity contribution in [2.45, 2.75) is 69.9 Å². The minimum atomic E-state index is -1.02. The highest BCUT2D eigenvalue weighted by atomic mass is 16.5. The van der Waals surface area contributed by atoms with Gasteiger partial charge < -0.3 is 25.4 Å². The molecule has 0 saturated carbocycles. The first kappa shape index (κ1) is 22.7. The van der Waals surface area contributed by atoms with E-state index in [-0.39, 0.29) is 30.4 Å². The smallest absolute Gasteiger partial charge is 0.245 e. The van der Waals surface area contributed by atoms with Crippen LogP contribution in [0.25, 0.3) is 0 Å². The number of carbonyl (C=O) groups excluding carboxylic acids is 3. The van der Waals surface area contributed by atoms with E-state index in [1.54, 1.807) is 6.92 Å². The van der Waals surface area contributed by atoms with E-state index in [0.29, 0.717) is 25.9 Å². The SMILES string of the molecule is CCCCNC(=O)C1N([C@H](C)CO)C(=O)[C@@H]2[C@H](C(=O)NCc3ccccc3)[C@@H]3CCC12O3. The van der Waals surface area contributed by atoms with Crippen LogP contribution in [0.15, 0.2) is 30.3 Å². The summed E-state index contributed by atoms with van der Waals surface area (Å²) in [5, 5.41) is 15.7. The summed E-state index contributed by atoms with van der Waals surface area (Å²) >= 11 is 0. The third kappa shape index (κ3) is 3.69. The van der Waals surface area contributed by atoms with E-state index < -0.39 is 29.5 Å². The summed E-state index contributed by atoms with van der Waals surface area (Å²) < 4.78 is 6.34. The van der Waals surface area contributed by atoms with Crippen LogP contribution in [-0.2, 0) is 25.7 Å². The lowest BCUT2D eigenvalue weighted by molar-refractivity contribution is -0.145. The van der Waals surface area contributed by atoms with Crippen LogP contribution in [0.5, 0.6) is 0 Å². The van der Waals surface area contributed by atoms with E-state index in [1.807, 2.05) is 37.3 Å². The standard InChI is InChI=1S/C24H33N3O5/c1-3-4-12-25-22(30)20-24-11-10-17(32-24)18(19(24)23(31)27(20)15(2)14-28)21(29)26-13-16-8-6-5-7-9-16/h5-9,15,17-20,28H,3-4,10-14H2,1-2H3,(H,25,30)(H,26,29)/t15-,17+,18-,19+,20?,24?/m1/s1. The number of aliphatic hydroxyl groups excluding tert-OH is 1. The van der Waals surface area contributed by atoms with Gasteiger partial charge in [-0.25, -0.2) is 0 Å². The van der Waals surface area contributed by atoms with E-state index in [0.717, 1.165) is 18.4 Å². The molecule has 3 amide bonds. The lowest BCUT2D eigenvalue weighted by Gasteiger charge is -2.35.